The van der Waals surface area contributed by atoms with E-state index in [0.29, 0.717) is 0 Å². The number of nitrogens with zero attached hydrogens (tertiary/aromatic N) is 7. The van der Waals surface area contributed by atoms with Crippen molar-refractivity contribution >= 4 is 11.4 Å². The zero-order valence-corrected chi connectivity index (χ0v) is 20.1. The van der Waals surface area contributed by atoms with Crippen LogP contribution in [0.2, 0.25) is 0 Å². The number of nitrogens with one attached hydrogen (secondary N) is 1. The van der Waals surface area contributed by atoms with Gasteiger partial charge in [0.1, 0.15) is 11.4 Å². The number of aliphatic imine (C=N–C) groups is 1. The van der Waals surface area contributed by atoms with Gasteiger partial charge in [0.15, 0.2) is 5.82 Å². The van der Waals surface area contributed by atoms with Gasteiger partial charge in [-0.2, -0.15) is 5.10 Å². The first kappa shape index (κ1) is 20.6. The van der Waals surface area contributed by atoms with Crippen molar-refractivity contribution in [3.05, 3.63) is 77.6 Å². The lowest BCUT2D eigenvalue weighted by molar-refractivity contribution is 0.589. The number of aryl methyl sites for hydroxylation is 2. The Bertz CT molecular complexity index is 1450. The number of piperazine rings is 1. The maximum Gasteiger partial charge on any atom is 0.165 e. The van der Waals surface area contributed by atoms with Crippen LogP contribution in [0.1, 0.15) is 35.6 Å². The Morgan fingerprint density at radius 2 is 1.69 bits per heavy atom. The van der Waals surface area contributed by atoms with Crippen LogP contribution in [0.3, 0.4) is 0 Å². The van der Waals surface area contributed by atoms with E-state index in [1.807, 2.05) is 24.9 Å². The van der Waals surface area contributed by atoms with E-state index in [-0.39, 0.29) is 5.54 Å². The van der Waals surface area contributed by atoms with Gasteiger partial charge in [-0.3, -0.25) is 14.2 Å². The average molecular weight is 465 g/mol. The molecule has 2 aliphatic heterocycles. The molecule has 8 heteroatoms. The number of benzene rings is 2. The lowest BCUT2D eigenvalue weighted by Gasteiger charge is -2.29. The number of hydrogen-bond acceptors (Lipinski definition) is 6. The number of hydrogen-bond donors (Lipinski definition) is 1. The van der Waals surface area contributed by atoms with Crippen molar-refractivity contribution in [3.63, 3.8) is 0 Å². The predicted molar refractivity (Wildman–Crippen MR) is 136 cm³/mol. The van der Waals surface area contributed by atoms with Crippen LogP contribution < -0.4 is 10.2 Å². The Labute approximate surface area is 204 Å². The Kier molecular flexibility index (Phi) is 4.48. The maximum absolute atomic E-state index is 5.42. The third-order valence-corrected chi connectivity index (χ3v) is 7.44. The fourth-order valence-corrected chi connectivity index (χ4v) is 5.37. The average Bonchev–Trinajstić information content (AvgIpc) is 3.41. The van der Waals surface area contributed by atoms with Crippen LogP contribution in [0.4, 0.5) is 5.69 Å². The van der Waals surface area contributed by atoms with Crippen molar-refractivity contribution in [2.45, 2.75) is 25.3 Å². The molecule has 1 N–H and O–H groups in total. The summed E-state index contributed by atoms with van der Waals surface area (Å²) in [6.45, 7) is 6.15. The highest BCUT2D eigenvalue weighted by Gasteiger charge is 2.51. The van der Waals surface area contributed by atoms with E-state index < -0.39 is 0 Å². The molecule has 2 fully saturated rings. The summed E-state index contributed by atoms with van der Waals surface area (Å²) >= 11 is 0. The highest BCUT2D eigenvalue weighted by molar-refractivity contribution is 6.16. The summed E-state index contributed by atoms with van der Waals surface area (Å²) in [7, 11) is 1.95. The molecule has 8 nitrogen and oxygen atoms in total. The highest BCUT2D eigenvalue weighted by atomic mass is 15.3. The second-order valence-corrected chi connectivity index (χ2v) is 9.82. The second kappa shape index (κ2) is 7.61. The molecule has 4 heterocycles. The Morgan fingerprint density at radius 3 is 2.40 bits per heavy atom. The molecule has 3 aliphatic rings. The molecular weight excluding hydrogens is 436 g/mol. The molecular formula is C27H28N8. The largest absolute Gasteiger partial charge is 0.369 e. The second-order valence-electron chi connectivity index (χ2n) is 9.82. The monoisotopic (exact) mass is 464 g/mol. The summed E-state index contributed by atoms with van der Waals surface area (Å²) < 4.78 is 4.05. The molecule has 7 rings (SSSR count). The lowest BCUT2D eigenvalue weighted by atomic mass is 9.96. The van der Waals surface area contributed by atoms with Crippen LogP contribution >= 0.6 is 0 Å². The minimum Gasteiger partial charge on any atom is -0.369 e. The molecule has 0 bridgehead atoms. The highest BCUT2D eigenvalue weighted by Crippen LogP contribution is 2.51. The third kappa shape index (κ3) is 3.31. The molecule has 35 heavy (non-hydrogen) atoms. The zero-order chi connectivity index (χ0) is 23.6. The molecule has 1 saturated carbocycles. The van der Waals surface area contributed by atoms with Crippen molar-refractivity contribution in [1.29, 1.82) is 0 Å². The van der Waals surface area contributed by atoms with Gasteiger partial charge < -0.3 is 10.2 Å². The van der Waals surface area contributed by atoms with E-state index in [2.05, 4.69) is 78.7 Å². The Morgan fingerprint density at radius 1 is 0.914 bits per heavy atom. The summed E-state index contributed by atoms with van der Waals surface area (Å²) in [5.74, 6) is 1.85. The van der Waals surface area contributed by atoms with E-state index in [9.17, 15) is 0 Å². The lowest BCUT2D eigenvalue weighted by Crippen LogP contribution is -2.43. The standard InChI is InChI=1S/C27H28N8/c1-18-31-32-26-27(9-10-27)30-25(19-3-6-22(7-4-19)34-13-11-28-12-14-34)23-15-20(5-8-24(23)35(18)26)21-16-29-33(2)17-21/h3-8,15-17,28H,9-14H2,1-2H3. The van der Waals surface area contributed by atoms with Gasteiger partial charge in [-0.25, -0.2) is 0 Å². The number of anilines is 1. The Balaban J connectivity index is 1.39. The molecule has 2 aromatic carbocycles. The number of fused-ring (bicyclic) bond motifs is 4. The summed E-state index contributed by atoms with van der Waals surface area (Å²) in [5.41, 5.74) is 7.55. The molecule has 4 aromatic rings. The fourth-order valence-electron chi connectivity index (χ4n) is 5.37. The molecule has 176 valence electrons. The molecule has 0 atom stereocenters. The topological polar surface area (TPSA) is 76.2 Å². The van der Waals surface area contributed by atoms with Gasteiger partial charge in [-0.05, 0) is 49.6 Å². The molecule has 1 aliphatic carbocycles. The van der Waals surface area contributed by atoms with Gasteiger partial charge >= 0.3 is 0 Å². The van der Waals surface area contributed by atoms with Crippen LogP contribution in [0.5, 0.6) is 0 Å². The van der Waals surface area contributed by atoms with Crippen LogP contribution in [0.25, 0.3) is 16.8 Å². The molecule has 0 radical (unpaired) electrons. The maximum atomic E-state index is 5.42. The number of aromatic nitrogens is 5. The van der Waals surface area contributed by atoms with E-state index in [4.69, 9.17) is 4.99 Å². The molecule has 1 spiro atoms. The summed E-state index contributed by atoms with van der Waals surface area (Å²) in [5, 5.41) is 16.9. The van der Waals surface area contributed by atoms with Gasteiger partial charge in [0.25, 0.3) is 0 Å². The van der Waals surface area contributed by atoms with Gasteiger partial charge in [0.2, 0.25) is 0 Å². The molecule has 2 aromatic heterocycles. The van der Waals surface area contributed by atoms with Crippen molar-refractivity contribution < 1.29 is 0 Å². The fraction of sp³-hybridized carbons (Fsp3) is 0.333. The van der Waals surface area contributed by atoms with Crippen LogP contribution in [-0.2, 0) is 12.6 Å². The van der Waals surface area contributed by atoms with E-state index >= 15 is 0 Å². The van der Waals surface area contributed by atoms with Crippen LogP contribution in [0, 0.1) is 6.92 Å². The molecule has 0 unspecified atom stereocenters. The summed E-state index contributed by atoms with van der Waals surface area (Å²) in [4.78, 5) is 7.86. The SMILES string of the molecule is Cc1nnc2n1-c1ccc(-c3cnn(C)c3)cc1C(c1ccc(N3CCNCC3)cc1)=NC21CC1. The van der Waals surface area contributed by atoms with E-state index in [1.54, 1.807) is 0 Å². The van der Waals surface area contributed by atoms with Crippen LogP contribution in [-0.4, -0.2) is 56.4 Å². The first-order chi connectivity index (χ1) is 17.1. The third-order valence-electron chi connectivity index (χ3n) is 7.44. The number of rotatable bonds is 3. The van der Waals surface area contributed by atoms with E-state index in [1.165, 1.54) is 5.69 Å². The smallest absolute Gasteiger partial charge is 0.165 e. The summed E-state index contributed by atoms with van der Waals surface area (Å²) in [6, 6.07) is 15.5. The Hall–Kier alpha value is -3.78. The van der Waals surface area contributed by atoms with Crippen molar-refractivity contribution in [2.24, 2.45) is 12.0 Å². The molecule has 1 saturated heterocycles. The van der Waals surface area contributed by atoms with Crippen molar-refractivity contribution in [2.75, 3.05) is 31.1 Å². The minimum atomic E-state index is -0.290. The first-order valence-corrected chi connectivity index (χ1v) is 12.3. The summed E-state index contributed by atoms with van der Waals surface area (Å²) in [6.07, 6.45) is 5.96. The quantitative estimate of drug-likeness (QED) is 0.504. The normalized spacial score (nSPS) is 18.1. The zero-order valence-electron chi connectivity index (χ0n) is 20.1. The van der Waals surface area contributed by atoms with Gasteiger partial charge in [-0.15, -0.1) is 10.2 Å². The molecule has 0 amide bonds. The van der Waals surface area contributed by atoms with Crippen molar-refractivity contribution in [3.8, 4) is 16.8 Å². The van der Waals surface area contributed by atoms with Crippen LogP contribution in [0.15, 0.2) is 59.9 Å². The van der Waals surface area contributed by atoms with Gasteiger partial charge in [0, 0.05) is 61.8 Å². The first-order valence-electron chi connectivity index (χ1n) is 12.3. The van der Waals surface area contributed by atoms with Gasteiger partial charge in [0.05, 0.1) is 17.6 Å². The van der Waals surface area contributed by atoms with Gasteiger partial charge in [-0.1, -0.05) is 18.2 Å². The predicted octanol–water partition coefficient (Wildman–Crippen LogP) is 3.23. The minimum absolute atomic E-state index is 0.290. The van der Waals surface area contributed by atoms with Crippen molar-refractivity contribution in [1.82, 2.24) is 29.9 Å². The van der Waals surface area contributed by atoms with E-state index in [0.717, 1.165) is 84.3 Å².